The van der Waals surface area contributed by atoms with Crippen LogP contribution >= 0.6 is 0 Å². The lowest BCUT2D eigenvalue weighted by Crippen LogP contribution is -2.50. The third-order valence-electron chi connectivity index (χ3n) is 4.92. The van der Waals surface area contributed by atoms with E-state index in [0.29, 0.717) is 39.0 Å². The molecule has 0 saturated carbocycles. The van der Waals surface area contributed by atoms with Gasteiger partial charge in [-0.15, -0.1) is 0 Å². The van der Waals surface area contributed by atoms with Crippen molar-refractivity contribution in [1.82, 2.24) is 20.2 Å². The summed E-state index contributed by atoms with van der Waals surface area (Å²) >= 11 is 0. The first-order valence-electron chi connectivity index (χ1n) is 8.26. The topological polar surface area (TPSA) is 90.5 Å². The van der Waals surface area contributed by atoms with Crippen molar-refractivity contribution in [2.24, 2.45) is 5.92 Å². The number of rotatable bonds is 4. The third kappa shape index (κ3) is 3.57. The Labute approximate surface area is 136 Å². The van der Waals surface area contributed by atoms with Crippen LogP contribution in [0.1, 0.15) is 30.8 Å². The number of aromatic nitrogens is 2. The van der Waals surface area contributed by atoms with Crippen molar-refractivity contribution >= 4 is 5.91 Å². The summed E-state index contributed by atoms with van der Waals surface area (Å²) in [5.41, 5.74) is 0.493. The minimum absolute atomic E-state index is 0.00442. The molecule has 3 heterocycles. The molecule has 1 aromatic rings. The van der Waals surface area contributed by atoms with Crippen molar-refractivity contribution in [2.75, 3.05) is 33.4 Å². The van der Waals surface area contributed by atoms with Crippen LogP contribution in [0.3, 0.4) is 0 Å². The van der Waals surface area contributed by atoms with Crippen LogP contribution in [0.15, 0.2) is 6.20 Å². The Morgan fingerprint density at radius 2 is 2.26 bits per heavy atom. The molecule has 7 nitrogen and oxygen atoms in total. The lowest BCUT2D eigenvalue weighted by molar-refractivity contribution is -0.126. The predicted octanol–water partition coefficient (Wildman–Crippen LogP) is 0.153. The molecule has 3 rings (SSSR count). The average molecular weight is 322 g/mol. The Bertz CT molecular complexity index is 553. The zero-order chi connectivity index (χ0) is 16.4. The van der Waals surface area contributed by atoms with Gasteiger partial charge >= 0.3 is 0 Å². The fourth-order valence-corrected chi connectivity index (χ4v) is 3.62. The van der Waals surface area contributed by atoms with Crippen LogP contribution in [0.4, 0.5) is 0 Å². The van der Waals surface area contributed by atoms with Gasteiger partial charge in [-0.1, -0.05) is 0 Å². The number of nitrogens with zero attached hydrogens (tertiary/aromatic N) is 2. The highest BCUT2D eigenvalue weighted by Gasteiger charge is 2.40. The molecule has 0 aliphatic carbocycles. The minimum atomic E-state index is -0.487. The Morgan fingerprint density at radius 3 is 2.83 bits per heavy atom. The van der Waals surface area contributed by atoms with Crippen molar-refractivity contribution in [3.8, 4) is 0 Å². The number of ether oxygens (including phenoxy) is 1. The molecule has 2 atom stereocenters. The summed E-state index contributed by atoms with van der Waals surface area (Å²) in [5, 5.41) is 13.2. The van der Waals surface area contributed by atoms with Gasteiger partial charge in [-0.3, -0.25) is 4.79 Å². The van der Waals surface area contributed by atoms with Crippen LogP contribution in [0.2, 0.25) is 0 Å². The molecule has 128 valence electrons. The number of aromatic amines is 1. The Balaban J connectivity index is 1.70. The number of imidazole rings is 1. The zero-order valence-corrected chi connectivity index (χ0v) is 13.8. The van der Waals surface area contributed by atoms with Gasteiger partial charge in [-0.25, -0.2) is 4.98 Å². The van der Waals surface area contributed by atoms with Crippen LogP contribution < -0.4 is 5.32 Å². The van der Waals surface area contributed by atoms with Crippen molar-refractivity contribution in [3.05, 3.63) is 17.7 Å². The minimum Gasteiger partial charge on any atom is -0.391 e. The fourth-order valence-electron chi connectivity index (χ4n) is 3.62. The van der Waals surface area contributed by atoms with Gasteiger partial charge in [0.25, 0.3) is 0 Å². The zero-order valence-electron chi connectivity index (χ0n) is 13.8. The lowest BCUT2D eigenvalue weighted by atomic mass is 9.88. The number of carbonyl (C=O) groups is 1. The van der Waals surface area contributed by atoms with Gasteiger partial charge in [0.2, 0.25) is 5.91 Å². The number of aryl methyl sites for hydroxylation is 1. The average Bonchev–Trinajstić information content (AvgIpc) is 3.06. The maximum absolute atomic E-state index is 12.6. The molecule has 2 saturated heterocycles. The lowest BCUT2D eigenvalue weighted by Gasteiger charge is -2.36. The third-order valence-corrected chi connectivity index (χ3v) is 4.92. The van der Waals surface area contributed by atoms with Gasteiger partial charge in [-0.2, -0.15) is 0 Å². The molecule has 0 bridgehead atoms. The van der Waals surface area contributed by atoms with Gasteiger partial charge in [0.05, 0.1) is 6.10 Å². The highest BCUT2D eigenvalue weighted by molar-refractivity contribution is 5.77. The molecule has 1 amide bonds. The quantitative estimate of drug-likeness (QED) is 0.734. The molecule has 3 N–H and O–H groups in total. The van der Waals surface area contributed by atoms with Crippen LogP contribution in [0, 0.1) is 12.8 Å². The fraction of sp³-hybridized carbons (Fsp3) is 0.750. The van der Waals surface area contributed by atoms with E-state index in [4.69, 9.17) is 4.74 Å². The molecule has 0 unspecified atom stereocenters. The number of H-pyrrole nitrogens is 1. The molecular weight excluding hydrogens is 296 g/mol. The number of likely N-dealkylation sites (tertiary alicyclic amines) is 1. The van der Waals surface area contributed by atoms with Gasteiger partial charge in [-0.05, 0) is 14.0 Å². The van der Waals surface area contributed by atoms with Crippen molar-refractivity contribution in [2.45, 2.75) is 37.8 Å². The number of aliphatic hydroxyl groups is 1. The van der Waals surface area contributed by atoms with Crippen LogP contribution in [-0.4, -0.2) is 65.3 Å². The number of aliphatic hydroxyl groups excluding tert-OH is 1. The highest BCUT2D eigenvalue weighted by atomic mass is 16.5. The van der Waals surface area contributed by atoms with Crippen molar-refractivity contribution in [1.29, 1.82) is 0 Å². The summed E-state index contributed by atoms with van der Waals surface area (Å²) < 4.78 is 5.46. The Morgan fingerprint density at radius 1 is 1.52 bits per heavy atom. The molecule has 2 aliphatic rings. The van der Waals surface area contributed by atoms with Crippen LogP contribution in [0.25, 0.3) is 0 Å². The van der Waals surface area contributed by atoms with Crippen LogP contribution in [0.5, 0.6) is 0 Å². The molecule has 0 spiro atoms. The van der Waals surface area contributed by atoms with Gasteiger partial charge in [0.15, 0.2) is 0 Å². The molecule has 2 fully saturated rings. The molecule has 2 aliphatic heterocycles. The summed E-state index contributed by atoms with van der Waals surface area (Å²) in [6.07, 6.45) is 3.11. The number of carbonyl (C=O) groups excluding carboxylic acids is 1. The summed E-state index contributed by atoms with van der Waals surface area (Å²) in [5.74, 6) is 0.770. The van der Waals surface area contributed by atoms with E-state index in [2.05, 4.69) is 20.2 Å². The van der Waals surface area contributed by atoms with E-state index in [9.17, 15) is 9.90 Å². The first-order chi connectivity index (χ1) is 11.0. The highest BCUT2D eigenvalue weighted by Crippen LogP contribution is 2.31. The Kier molecular flexibility index (Phi) is 4.70. The number of nitrogens with one attached hydrogen (secondary N) is 2. The van der Waals surface area contributed by atoms with Crippen LogP contribution in [-0.2, 0) is 15.1 Å². The van der Waals surface area contributed by atoms with E-state index in [1.54, 1.807) is 6.20 Å². The molecule has 0 aromatic carbocycles. The molecule has 23 heavy (non-hydrogen) atoms. The largest absolute Gasteiger partial charge is 0.391 e. The smallest absolute Gasteiger partial charge is 0.221 e. The second kappa shape index (κ2) is 6.59. The van der Waals surface area contributed by atoms with Gasteiger partial charge < -0.3 is 25.0 Å². The van der Waals surface area contributed by atoms with E-state index >= 15 is 0 Å². The molecular formula is C16H26N4O3. The van der Waals surface area contributed by atoms with Gasteiger partial charge in [0.1, 0.15) is 11.4 Å². The monoisotopic (exact) mass is 322 g/mol. The number of hydrogen-bond acceptors (Lipinski definition) is 5. The number of amides is 1. The summed E-state index contributed by atoms with van der Waals surface area (Å²) in [4.78, 5) is 22.3. The normalized spacial score (nSPS) is 28.0. The second-order valence-electron chi connectivity index (χ2n) is 6.91. The van der Waals surface area contributed by atoms with Gasteiger partial charge in [0, 0.05) is 63.4 Å². The van der Waals surface area contributed by atoms with E-state index in [1.165, 1.54) is 0 Å². The maximum Gasteiger partial charge on any atom is 0.221 e. The predicted molar refractivity (Wildman–Crippen MR) is 84.8 cm³/mol. The second-order valence-corrected chi connectivity index (χ2v) is 6.91. The number of β-amino-alcohol motifs (C(OH)–C–C–N with tert-alkyl or cyclic N) is 1. The Hall–Kier alpha value is -1.44. The SMILES string of the molecule is Cc1cnc(C2(NC(=O)C[C@@H]3CN(C)C[C@H]3O)CCOCC2)[nH]1. The maximum atomic E-state index is 12.6. The molecule has 1 aromatic heterocycles. The van der Waals surface area contributed by atoms with E-state index < -0.39 is 11.6 Å². The molecule has 0 radical (unpaired) electrons. The standard InChI is InChI=1S/C16H26N4O3/c1-11-8-17-15(18-11)16(3-5-23-6-4-16)19-14(22)7-12-9-20(2)10-13(12)21/h8,12-13,21H,3-7,9-10H2,1-2H3,(H,17,18)(H,19,22)/t12-,13-/m1/s1. The van der Waals surface area contributed by atoms with E-state index in [0.717, 1.165) is 18.1 Å². The summed E-state index contributed by atoms with van der Waals surface area (Å²) in [6, 6.07) is 0. The number of hydrogen-bond donors (Lipinski definition) is 3. The van der Waals surface area contributed by atoms with Crippen molar-refractivity contribution < 1.29 is 14.6 Å². The summed E-state index contributed by atoms with van der Waals surface area (Å²) in [7, 11) is 1.96. The summed E-state index contributed by atoms with van der Waals surface area (Å²) in [6.45, 7) is 4.55. The van der Waals surface area contributed by atoms with Crippen molar-refractivity contribution in [3.63, 3.8) is 0 Å². The van der Waals surface area contributed by atoms with E-state index in [1.807, 2.05) is 14.0 Å². The number of likely N-dealkylation sites (N-methyl/N-ethyl adjacent to an activating group) is 1. The van der Waals surface area contributed by atoms with E-state index in [-0.39, 0.29) is 11.8 Å². The molecule has 7 heteroatoms. The first kappa shape index (κ1) is 16.4. The first-order valence-corrected chi connectivity index (χ1v) is 8.26.